The van der Waals surface area contributed by atoms with E-state index in [9.17, 15) is 13.2 Å². The van der Waals surface area contributed by atoms with Crippen molar-refractivity contribution in [3.05, 3.63) is 29.3 Å². The summed E-state index contributed by atoms with van der Waals surface area (Å²) in [6, 6.07) is 4.26. The summed E-state index contributed by atoms with van der Waals surface area (Å²) in [6.45, 7) is 2.21. The Kier molecular flexibility index (Phi) is 5.58. The van der Waals surface area contributed by atoms with Crippen molar-refractivity contribution in [2.75, 3.05) is 26.1 Å². The average Bonchev–Trinajstić information content (AvgIpc) is 2.71. The number of nitrogens with zero attached hydrogens (tertiary/aromatic N) is 1. The molecule has 0 radical (unpaired) electrons. The minimum atomic E-state index is -3.48. The topological polar surface area (TPSA) is 105 Å². The van der Waals surface area contributed by atoms with Gasteiger partial charge in [0.2, 0.25) is 10.0 Å². The SMILES string of the molecule is COCCS(=O)(=O)N1Cc2ccc(C(=O)NO)cc2OCC1C. The van der Waals surface area contributed by atoms with Gasteiger partial charge in [-0.05, 0) is 19.1 Å². The zero-order chi connectivity index (χ0) is 17.0. The number of sulfonamides is 1. The van der Waals surface area contributed by atoms with Gasteiger partial charge in [-0.2, -0.15) is 4.31 Å². The minimum absolute atomic E-state index is 0.103. The summed E-state index contributed by atoms with van der Waals surface area (Å²) < 4.78 is 36.7. The highest BCUT2D eigenvalue weighted by atomic mass is 32.2. The second-order valence-corrected chi connectivity index (χ2v) is 7.32. The molecule has 1 aromatic rings. The number of rotatable bonds is 5. The quantitative estimate of drug-likeness (QED) is 0.590. The molecule has 0 fully saturated rings. The first-order chi connectivity index (χ1) is 10.9. The molecule has 1 amide bonds. The monoisotopic (exact) mass is 344 g/mol. The number of amides is 1. The molecule has 23 heavy (non-hydrogen) atoms. The van der Waals surface area contributed by atoms with Gasteiger partial charge < -0.3 is 9.47 Å². The Morgan fingerprint density at radius 1 is 1.52 bits per heavy atom. The number of carbonyl (C=O) groups is 1. The lowest BCUT2D eigenvalue weighted by Gasteiger charge is -2.25. The summed E-state index contributed by atoms with van der Waals surface area (Å²) in [6.07, 6.45) is 0. The van der Waals surface area contributed by atoms with Crippen LogP contribution in [0.1, 0.15) is 22.8 Å². The number of hydrogen-bond acceptors (Lipinski definition) is 6. The first kappa shape index (κ1) is 17.7. The van der Waals surface area contributed by atoms with Crippen molar-refractivity contribution in [1.82, 2.24) is 9.79 Å². The smallest absolute Gasteiger partial charge is 0.274 e. The van der Waals surface area contributed by atoms with Crippen LogP contribution in [0.5, 0.6) is 5.75 Å². The molecule has 0 saturated heterocycles. The van der Waals surface area contributed by atoms with Gasteiger partial charge in [0.1, 0.15) is 12.4 Å². The Morgan fingerprint density at radius 3 is 2.91 bits per heavy atom. The summed E-state index contributed by atoms with van der Waals surface area (Å²) in [7, 11) is -2.03. The van der Waals surface area contributed by atoms with Gasteiger partial charge in [-0.15, -0.1) is 0 Å². The second kappa shape index (κ2) is 7.26. The van der Waals surface area contributed by atoms with E-state index < -0.39 is 15.9 Å². The maximum atomic E-state index is 12.4. The fraction of sp³-hybridized carbons (Fsp3) is 0.500. The predicted molar refractivity (Wildman–Crippen MR) is 81.9 cm³/mol. The van der Waals surface area contributed by atoms with E-state index in [-0.39, 0.29) is 37.1 Å². The molecular weight excluding hydrogens is 324 g/mol. The van der Waals surface area contributed by atoms with Crippen molar-refractivity contribution in [1.29, 1.82) is 0 Å². The lowest BCUT2D eigenvalue weighted by Crippen LogP contribution is -2.41. The van der Waals surface area contributed by atoms with Crippen LogP contribution in [0.25, 0.3) is 0 Å². The predicted octanol–water partition coefficient (Wildman–Crippen LogP) is 0.365. The van der Waals surface area contributed by atoms with Gasteiger partial charge in [-0.25, -0.2) is 13.9 Å². The average molecular weight is 344 g/mol. The molecule has 9 heteroatoms. The van der Waals surface area contributed by atoms with Gasteiger partial charge in [0.15, 0.2) is 0 Å². The molecule has 1 unspecified atom stereocenters. The first-order valence-corrected chi connectivity index (χ1v) is 8.68. The van der Waals surface area contributed by atoms with Crippen LogP contribution in [-0.2, 0) is 21.3 Å². The van der Waals surface area contributed by atoms with Gasteiger partial charge in [-0.1, -0.05) is 6.07 Å². The van der Waals surface area contributed by atoms with E-state index >= 15 is 0 Å². The van der Waals surface area contributed by atoms with Crippen molar-refractivity contribution in [2.24, 2.45) is 0 Å². The Balaban J connectivity index is 2.30. The van der Waals surface area contributed by atoms with Crippen LogP contribution >= 0.6 is 0 Å². The molecule has 0 aromatic heterocycles. The fourth-order valence-electron chi connectivity index (χ4n) is 2.32. The van der Waals surface area contributed by atoms with Gasteiger partial charge in [0, 0.05) is 24.8 Å². The number of methoxy groups -OCH3 is 1. The molecule has 1 aromatic carbocycles. The van der Waals surface area contributed by atoms with Gasteiger partial charge >= 0.3 is 0 Å². The van der Waals surface area contributed by atoms with Gasteiger partial charge in [0.25, 0.3) is 5.91 Å². The maximum absolute atomic E-state index is 12.4. The van der Waals surface area contributed by atoms with Crippen LogP contribution in [0.15, 0.2) is 18.2 Å². The van der Waals surface area contributed by atoms with Crippen molar-refractivity contribution in [3.63, 3.8) is 0 Å². The molecule has 1 aliphatic rings. The van der Waals surface area contributed by atoms with E-state index in [1.54, 1.807) is 18.5 Å². The number of fused-ring (bicyclic) bond motifs is 1. The van der Waals surface area contributed by atoms with Crippen LogP contribution in [-0.4, -0.2) is 56.0 Å². The molecule has 0 bridgehead atoms. The summed E-state index contributed by atoms with van der Waals surface area (Å²) in [5, 5.41) is 8.68. The van der Waals surface area contributed by atoms with E-state index in [1.165, 1.54) is 23.5 Å². The van der Waals surface area contributed by atoms with Crippen LogP contribution in [0, 0.1) is 0 Å². The third kappa shape index (κ3) is 3.99. The minimum Gasteiger partial charge on any atom is -0.492 e. The fourth-order valence-corrected chi connectivity index (χ4v) is 3.88. The normalized spacial score (nSPS) is 18.7. The van der Waals surface area contributed by atoms with Crippen LogP contribution in [0.2, 0.25) is 0 Å². The Labute approximate surface area is 135 Å². The van der Waals surface area contributed by atoms with Gasteiger partial charge in [-0.3, -0.25) is 10.0 Å². The maximum Gasteiger partial charge on any atom is 0.274 e. The van der Waals surface area contributed by atoms with Gasteiger partial charge in [0.05, 0.1) is 18.4 Å². The van der Waals surface area contributed by atoms with Crippen molar-refractivity contribution in [2.45, 2.75) is 19.5 Å². The number of benzene rings is 1. The van der Waals surface area contributed by atoms with E-state index in [2.05, 4.69) is 0 Å². The van der Waals surface area contributed by atoms with Crippen molar-refractivity contribution < 1.29 is 27.9 Å². The highest BCUT2D eigenvalue weighted by Crippen LogP contribution is 2.28. The standard InChI is InChI=1S/C14H20N2O6S/c1-10-9-22-13-7-11(14(17)15-18)3-4-12(13)8-16(10)23(19,20)6-5-21-2/h3-4,7,10,18H,5-6,8-9H2,1-2H3,(H,15,17). The molecule has 2 rings (SSSR count). The Bertz CT molecular complexity index is 676. The summed E-state index contributed by atoms with van der Waals surface area (Å²) in [4.78, 5) is 11.5. The Morgan fingerprint density at radius 2 is 2.26 bits per heavy atom. The number of ether oxygens (including phenoxy) is 2. The highest BCUT2D eigenvalue weighted by Gasteiger charge is 2.31. The number of hydrogen-bond donors (Lipinski definition) is 2. The molecule has 1 atom stereocenters. The summed E-state index contributed by atoms with van der Waals surface area (Å²) in [5.41, 5.74) is 2.44. The number of carbonyl (C=O) groups excluding carboxylic acids is 1. The second-order valence-electron chi connectivity index (χ2n) is 5.28. The molecule has 1 aliphatic heterocycles. The lowest BCUT2D eigenvalue weighted by atomic mass is 10.1. The molecule has 0 saturated carbocycles. The van der Waals surface area contributed by atoms with Crippen molar-refractivity contribution in [3.8, 4) is 5.75 Å². The molecule has 8 nitrogen and oxygen atoms in total. The number of hydroxylamine groups is 1. The molecule has 2 N–H and O–H groups in total. The summed E-state index contributed by atoms with van der Waals surface area (Å²) >= 11 is 0. The van der Waals surface area contributed by atoms with Crippen LogP contribution in [0.3, 0.4) is 0 Å². The molecule has 0 spiro atoms. The van der Waals surface area contributed by atoms with Crippen LogP contribution in [0.4, 0.5) is 0 Å². The first-order valence-electron chi connectivity index (χ1n) is 7.07. The largest absolute Gasteiger partial charge is 0.492 e. The van der Waals surface area contributed by atoms with E-state index in [4.69, 9.17) is 14.7 Å². The zero-order valence-corrected chi connectivity index (χ0v) is 13.8. The molecule has 1 heterocycles. The highest BCUT2D eigenvalue weighted by molar-refractivity contribution is 7.89. The van der Waals surface area contributed by atoms with Crippen LogP contribution < -0.4 is 10.2 Å². The molecule has 128 valence electrons. The van der Waals surface area contributed by atoms with Crippen molar-refractivity contribution >= 4 is 15.9 Å². The van der Waals surface area contributed by atoms with E-state index in [1.807, 2.05) is 0 Å². The third-order valence-corrected chi connectivity index (χ3v) is 5.52. The summed E-state index contributed by atoms with van der Waals surface area (Å²) in [5.74, 6) is -0.325. The lowest BCUT2D eigenvalue weighted by molar-refractivity contribution is 0.0706. The molecular formula is C14H20N2O6S. The van der Waals surface area contributed by atoms with E-state index in [0.717, 1.165) is 0 Å². The zero-order valence-electron chi connectivity index (χ0n) is 13.0. The number of nitrogens with one attached hydrogen (secondary N) is 1. The third-order valence-electron chi connectivity index (χ3n) is 3.63. The Hall–Kier alpha value is -1.68. The van der Waals surface area contributed by atoms with E-state index in [0.29, 0.717) is 11.3 Å². The molecule has 0 aliphatic carbocycles.